The topological polar surface area (TPSA) is 29.1 Å². The lowest BCUT2D eigenvalue weighted by atomic mass is 10.1. The van der Waals surface area contributed by atoms with Gasteiger partial charge >= 0.3 is 6.18 Å². The number of halogens is 3. The third-order valence-electron chi connectivity index (χ3n) is 2.76. The number of alkyl halides is 3. The molecule has 0 radical (unpaired) electrons. The number of carbonyl (C=O) groups excluding carboxylic acids is 1. The summed E-state index contributed by atoms with van der Waals surface area (Å²) in [5.74, 6) is -0.285. The van der Waals surface area contributed by atoms with E-state index in [-0.39, 0.29) is 11.5 Å². The van der Waals surface area contributed by atoms with Gasteiger partial charge in [0.15, 0.2) is 5.78 Å². The number of carbonyl (C=O) groups is 1. The number of ketones is 1. The minimum Gasteiger partial charge on any atom is -0.361 e. The number of para-hydroxylation sites is 1. The highest BCUT2D eigenvalue weighted by atomic mass is 19.4. The summed E-state index contributed by atoms with van der Waals surface area (Å²) >= 11 is 0. The summed E-state index contributed by atoms with van der Waals surface area (Å²) in [6.07, 6.45) is -2.04. The Morgan fingerprint density at radius 3 is 2.24 bits per heavy atom. The first kappa shape index (κ1) is 14.8. The van der Waals surface area contributed by atoms with E-state index in [1.165, 1.54) is 30.5 Å². The molecule has 0 heterocycles. The lowest BCUT2D eigenvalue weighted by Crippen LogP contribution is -2.08. The summed E-state index contributed by atoms with van der Waals surface area (Å²) in [7, 11) is 0. The minimum absolute atomic E-state index is 0.0953. The fourth-order valence-corrected chi connectivity index (χ4v) is 1.76. The van der Waals surface area contributed by atoms with E-state index in [0.29, 0.717) is 5.56 Å². The van der Waals surface area contributed by atoms with Crippen molar-refractivity contribution in [2.24, 2.45) is 0 Å². The number of hydrogen-bond donors (Lipinski definition) is 1. The van der Waals surface area contributed by atoms with Gasteiger partial charge in [-0.1, -0.05) is 42.5 Å². The Balaban J connectivity index is 2.10. The van der Waals surface area contributed by atoms with Gasteiger partial charge in [0, 0.05) is 17.8 Å². The third kappa shape index (κ3) is 3.95. The molecule has 0 amide bonds. The van der Waals surface area contributed by atoms with Gasteiger partial charge < -0.3 is 5.32 Å². The van der Waals surface area contributed by atoms with Crippen molar-refractivity contribution in [2.75, 3.05) is 5.32 Å². The maximum Gasteiger partial charge on any atom is 0.418 e. The van der Waals surface area contributed by atoms with Crippen molar-refractivity contribution < 1.29 is 18.0 Å². The van der Waals surface area contributed by atoms with E-state index in [4.69, 9.17) is 0 Å². The van der Waals surface area contributed by atoms with Gasteiger partial charge in [-0.15, -0.1) is 0 Å². The van der Waals surface area contributed by atoms with E-state index in [0.717, 1.165) is 6.07 Å². The molecule has 0 bridgehead atoms. The number of benzene rings is 2. The summed E-state index contributed by atoms with van der Waals surface area (Å²) in [6, 6.07) is 13.6. The quantitative estimate of drug-likeness (QED) is 0.663. The van der Waals surface area contributed by atoms with Gasteiger partial charge in [0.1, 0.15) is 0 Å². The summed E-state index contributed by atoms with van der Waals surface area (Å²) < 4.78 is 38.3. The molecular weight excluding hydrogens is 279 g/mol. The highest BCUT2D eigenvalue weighted by Crippen LogP contribution is 2.34. The smallest absolute Gasteiger partial charge is 0.361 e. The molecule has 0 aliphatic carbocycles. The highest BCUT2D eigenvalue weighted by Gasteiger charge is 2.32. The predicted molar refractivity (Wildman–Crippen MR) is 75.0 cm³/mol. The van der Waals surface area contributed by atoms with E-state index in [9.17, 15) is 18.0 Å². The zero-order valence-corrected chi connectivity index (χ0v) is 10.9. The molecule has 2 nitrogen and oxygen atoms in total. The van der Waals surface area contributed by atoms with Gasteiger partial charge in [-0.2, -0.15) is 13.2 Å². The van der Waals surface area contributed by atoms with Crippen LogP contribution in [0.2, 0.25) is 0 Å². The first-order valence-corrected chi connectivity index (χ1v) is 6.17. The van der Waals surface area contributed by atoms with Crippen molar-refractivity contribution in [2.45, 2.75) is 6.18 Å². The lowest BCUT2D eigenvalue weighted by molar-refractivity contribution is -0.136. The molecule has 0 aromatic heterocycles. The van der Waals surface area contributed by atoms with Crippen LogP contribution >= 0.6 is 0 Å². The van der Waals surface area contributed by atoms with Crippen LogP contribution in [0.3, 0.4) is 0 Å². The van der Waals surface area contributed by atoms with Crippen LogP contribution in [0, 0.1) is 0 Å². The molecule has 2 rings (SSSR count). The van der Waals surface area contributed by atoms with E-state index in [1.807, 2.05) is 0 Å². The molecule has 0 saturated heterocycles. The van der Waals surface area contributed by atoms with Crippen LogP contribution in [0.25, 0.3) is 0 Å². The van der Waals surface area contributed by atoms with Crippen molar-refractivity contribution in [1.29, 1.82) is 0 Å². The minimum atomic E-state index is -4.44. The van der Waals surface area contributed by atoms with Crippen molar-refractivity contribution in [1.82, 2.24) is 0 Å². The monoisotopic (exact) mass is 291 g/mol. The van der Waals surface area contributed by atoms with Crippen molar-refractivity contribution in [3.63, 3.8) is 0 Å². The Morgan fingerprint density at radius 2 is 1.57 bits per heavy atom. The molecule has 0 saturated carbocycles. The van der Waals surface area contributed by atoms with E-state index in [2.05, 4.69) is 5.32 Å². The summed E-state index contributed by atoms with van der Waals surface area (Å²) in [4.78, 5) is 11.8. The third-order valence-corrected chi connectivity index (χ3v) is 2.76. The molecule has 0 spiro atoms. The van der Waals surface area contributed by atoms with E-state index in [1.54, 1.807) is 30.3 Å². The van der Waals surface area contributed by atoms with Crippen molar-refractivity contribution in [3.05, 3.63) is 78.0 Å². The first-order chi connectivity index (χ1) is 9.98. The Labute approximate surface area is 119 Å². The summed E-state index contributed by atoms with van der Waals surface area (Å²) in [5, 5.41) is 2.50. The number of anilines is 1. The van der Waals surface area contributed by atoms with Crippen LogP contribution in [0.15, 0.2) is 66.9 Å². The molecule has 2 aromatic carbocycles. The van der Waals surface area contributed by atoms with Gasteiger partial charge in [-0.3, -0.25) is 4.79 Å². The van der Waals surface area contributed by atoms with Gasteiger partial charge in [0.25, 0.3) is 0 Å². The predicted octanol–water partition coefficient (Wildman–Crippen LogP) is 4.51. The van der Waals surface area contributed by atoms with Crippen molar-refractivity contribution >= 4 is 11.5 Å². The molecule has 5 heteroatoms. The molecule has 1 N–H and O–H groups in total. The second-order valence-corrected chi connectivity index (χ2v) is 4.25. The van der Waals surface area contributed by atoms with Gasteiger partial charge in [-0.25, -0.2) is 0 Å². The van der Waals surface area contributed by atoms with Crippen LogP contribution in [-0.4, -0.2) is 5.78 Å². The average molecular weight is 291 g/mol. The second kappa shape index (κ2) is 6.26. The molecule has 0 fully saturated rings. The Hall–Kier alpha value is -2.56. The fraction of sp³-hybridized carbons (Fsp3) is 0.0625. The maximum atomic E-state index is 12.8. The molecule has 108 valence electrons. The van der Waals surface area contributed by atoms with Crippen LogP contribution < -0.4 is 5.32 Å². The molecule has 0 atom stereocenters. The molecule has 0 unspecified atom stereocenters. The van der Waals surface area contributed by atoms with Gasteiger partial charge in [0.05, 0.1) is 11.3 Å². The molecular formula is C16H12F3NO. The normalized spacial score (nSPS) is 11.6. The molecule has 0 aliphatic heterocycles. The Morgan fingerprint density at radius 1 is 0.952 bits per heavy atom. The van der Waals surface area contributed by atoms with Crippen LogP contribution in [0.5, 0.6) is 0 Å². The summed E-state index contributed by atoms with van der Waals surface area (Å²) in [5.41, 5.74) is -0.399. The van der Waals surface area contributed by atoms with Crippen LogP contribution in [-0.2, 0) is 6.18 Å². The number of allylic oxidation sites excluding steroid dienone is 1. The van der Waals surface area contributed by atoms with E-state index >= 15 is 0 Å². The van der Waals surface area contributed by atoms with Crippen molar-refractivity contribution in [3.8, 4) is 0 Å². The fourth-order valence-electron chi connectivity index (χ4n) is 1.76. The molecule has 2 aromatic rings. The zero-order valence-electron chi connectivity index (χ0n) is 10.9. The molecule has 21 heavy (non-hydrogen) atoms. The zero-order chi connectivity index (χ0) is 15.3. The Bertz CT molecular complexity index is 648. The highest BCUT2D eigenvalue weighted by molar-refractivity contribution is 6.04. The van der Waals surface area contributed by atoms with Gasteiger partial charge in [0.2, 0.25) is 0 Å². The summed E-state index contributed by atoms with van der Waals surface area (Å²) in [6.45, 7) is 0. The largest absolute Gasteiger partial charge is 0.418 e. The standard InChI is InChI=1S/C16H12F3NO/c17-16(18,19)13-8-4-5-9-14(13)20-11-10-15(21)12-6-2-1-3-7-12/h1-11,20H/b11-10+. The number of nitrogens with one attached hydrogen (secondary N) is 1. The molecule has 0 aliphatic rings. The average Bonchev–Trinajstić information content (AvgIpc) is 2.47. The lowest BCUT2D eigenvalue weighted by Gasteiger charge is -2.11. The maximum absolute atomic E-state index is 12.8. The number of hydrogen-bond acceptors (Lipinski definition) is 2. The Kier molecular flexibility index (Phi) is 4.42. The SMILES string of the molecule is O=C(/C=C/Nc1ccccc1C(F)(F)F)c1ccccc1. The van der Waals surface area contributed by atoms with Crippen LogP contribution in [0.1, 0.15) is 15.9 Å². The first-order valence-electron chi connectivity index (χ1n) is 6.17. The van der Waals surface area contributed by atoms with E-state index < -0.39 is 11.7 Å². The second-order valence-electron chi connectivity index (χ2n) is 4.25. The van der Waals surface area contributed by atoms with Gasteiger partial charge in [-0.05, 0) is 12.1 Å². The van der Waals surface area contributed by atoms with Crippen LogP contribution in [0.4, 0.5) is 18.9 Å². The number of rotatable bonds is 4.